The van der Waals surface area contributed by atoms with Gasteiger partial charge in [0.1, 0.15) is 0 Å². The molecule has 32 heavy (non-hydrogen) atoms. The molecule has 1 saturated carbocycles. The van der Waals surface area contributed by atoms with Gasteiger partial charge in [0.25, 0.3) is 0 Å². The van der Waals surface area contributed by atoms with Crippen LogP contribution >= 0.6 is 11.6 Å². The number of fused-ring (bicyclic) bond motifs is 1. The Morgan fingerprint density at radius 3 is 2.81 bits per heavy atom. The van der Waals surface area contributed by atoms with E-state index in [0.29, 0.717) is 18.1 Å². The molecule has 5 nitrogen and oxygen atoms in total. The molecular formula is C26H33ClN4O. The van der Waals surface area contributed by atoms with Gasteiger partial charge < -0.3 is 9.80 Å². The number of aromatic nitrogens is 1. The molecule has 1 aliphatic heterocycles. The predicted octanol–water partition coefficient (Wildman–Crippen LogP) is 4.11. The number of hydrogen-bond donors (Lipinski definition) is 0. The smallest absolute Gasteiger partial charge is 0.246 e. The summed E-state index contributed by atoms with van der Waals surface area (Å²) in [7, 11) is 4.02. The summed E-state index contributed by atoms with van der Waals surface area (Å²) in [5.74, 6) is 0.898. The quantitative estimate of drug-likeness (QED) is 0.537. The number of pyridine rings is 1. The molecule has 1 aromatic carbocycles. The van der Waals surface area contributed by atoms with E-state index in [4.69, 9.17) is 11.6 Å². The first kappa shape index (κ1) is 23.0. The largest absolute Gasteiger partial charge is 0.332 e. The van der Waals surface area contributed by atoms with Crippen molar-refractivity contribution >= 4 is 23.6 Å². The van der Waals surface area contributed by atoms with Crippen LogP contribution in [0.3, 0.4) is 0 Å². The summed E-state index contributed by atoms with van der Waals surface area (Å²) < 4.78 is 0. The number of hydrogen-bond acceptors (Lipinski definition) is 4. The Bertz CT molecular complexity index is 970. The van der Waals surface area contributed by atoms with Crippen molar-refractivity contribution < 1.29 is 4.79 Å². The lowest BCUT2D eigenvalue weighted by Crippen LogP contribution is -2.35. The molecule has 2 aromatic rings. The summed E-state index contributed by atoms with van der Waals surface area (Å²) in [6.45, 7) is 5.16. The molecule has 0 saturated heterocycles. The van der Waals surface area contributed by atoms with E-state index in [-0.39, 0.29) is 5.91 Å². The molecule has 0 atom stereocenters. The van der Waals surface area contributed by atoms with Gasteiger partial charge in [0, 0.05) is 45.0 Å². The van der Waals surface area contributed by atoms with Gasteiger partial charge >= 0.3 is 0 Å². The molecule has 1 amide bonds. The second-order valence-corrected chi connectivity index (χ2v) is 9.65. The van der Waals surface area contributed by atoms with Crippen LogP contribution in [0, 0.1) is 5.92 Å². The van der Waals surface area contributed by atoms with Crippen LogP contribution in [0.25, 0.3) is 6.08 Å². The van der Waals surface area contributed by atoms with Crippen molar-refractivity contribution in [1.29, 1.82) is 0 Å². The van der Waals surface area contributed by atoms with Crippen LogP contribution in [0.4, 0.5) is 0 Å². The van der Waals surface area contributed by atoms with Gasteiger partial charge in [-0.2, -0.15) is 0 Å². The third kappa shape index (κ3) is 6.18. The topological polar surface area (TPSA) is 39.7 Å². The summed E-state index contributed by atoms with van der Waals surface area (Å²) in [5.41, 5.74) is 4.67. The summed E-state index contributed by atoms with van der Waals surface area (Å²) in [4.78, 5) is 24.0. The highest BCUT2D eigenvalue weighted by molar-refractivity contribution is 6.31. The number of nitrogens with zero attached hydrogens (tertiary/aromatic N) is 4. The van der Waals surface area contributed by atoms with E-state index in [0.717, 1.165) is 43.2 Å². The van der Waals surface area contributed by atoms with E-state index in [1.165, 1.54) is 30.5 Å². The zero-order valence-electron chi connectivity index (χ0n) is 19.1. The first-order valence-corrected chi connectivity index (χ1v) is 11.9. The Morgan fingerprint density at radius 1 is 1.22 bits per heavy atom. The Hall–Kier alpha value is -2.21. The third-order valence-corrected chi connectivity index (χ3v) is 6.65. The highest BCUT2D eigenvalue weighted by atomic mass is 35.5. The lowest BCUT2D eigenvalue weighted by molar-refractivity contribution is -0.126. The number of likely N-dealkylation sites (N-methyl/N-ethyl adjacent to an activating group) is 1. The summed E-state index contributed by atoms with van der Waals surface area (Å²) in [6, 6.07) is 10.1. The fourth-order valence-corrected chi connectivity index (χ4v) is 4.43. The van der Waals surface area contributed by atoms with Crippen LogP contribution in [-0.4, -0.2) is 65.9 Å². The van der Waals surface area contributed by atoms with Gasteiger partial charge in [-0.25, -0.2) is 0 Å². The minimum Gasteiger partial charge on any atom is -0.332 e. The molecular weight excluding hydrogens is 420 g/mol. The monoisotopic (exact) mass is 452 g/mol. The van der Waals surface area contributed by atoms with E-state index < -0.39 is 0 Å². The second-order valence-electron chi connectivity index (χ2n) is 9.24. The minimum atomic E-state index is -0.0163. The molecule has 0 bridgehead atoms. The maximum Gasteiger partial charge on any atom is 0.246 e. The molecule has 6 heteroatoms. The van der Waals surface area contributed by atoms with Crippen molar-refractivity contribution in [3.63, 3.8) is 0 Å². The van der Waals surface area contributed by atoms with Crippen LogP contribution in [0.2, 0.25) is 5.02 Å². The van der Waals surface area contributed by atoms with Gasteiger partial charge in [-0.1, -0.05) is 29.8 Å². The number of rotatable bonds is 9. The average molecular weight is 453 g/mol. The van der Waals surface area contributed by atoms with Gasteiger partial charge in [0.15, 0.2) is 0 Å². The maximum atomic E-state index is 13.1. The number of amides is 1. The Balaban J connectivity index is 1.46. The van der Waals surface area contributed by atoms with E-state index in [1.807, 2.05) is 37.2 Å². The Morgan fingerprint density at radius 2 is 2.06 bits per heavy atom. The molecule has 0 N–H and O–H groups in total. The lowest BCUT2D eigenvalue weighted by Gasteiger charge is -2.29. The number of halogens is 1. The van der Waals surface area contributed by atoms with Crippen molar-refractivity contribution in [2.24, 2.45) is 5.92 Å². The summed E-state index contributed by atoms with van der Waals surface area (Å²) >= 11 is 6.30. The molecule has 2 aliphatic rings. The zero-order chi connectivity index (χ0) is 22.5. The Kier molecular flexibility index (Phi) is 7.61. The molecule has 1 aliphatic carbocycles. The van der Waals surface area contributed by atoms with Gasteiger partial charge in [-0.3, -0.25) is 14.7 Å². The zero-order valence-corrected chi connectivity index (χ0v) is 19.9. The number of carbonyl (C=O) groups excluding carboxylic acids is 1. The van der Waals surface area contributed by atoms with Gasteiger partial charge in [0.2, 0.25) is 5.91 Å². The van der Waals surface area contributed by atoms with Gasteiger partial charge in [0.05, 0.1) is 17.3 Å². The molecule has 4 rings (SSSR count). The molecule has 1 aromatic heterocycles. The maximum absolute atomic E-state index is 13.1. The summed E-state index contributed by atoms with van der Waals surface area (Å²) in [5, 5.41) is 0.590. The Labute approximate surface area is 196 Å². The van der Waals surface area contributed by atoms with Crippen molar-refractivity contribution in [3.05, 3.63) is 70.0 Å². The molecule has 2 heterocycles. The van der Waals surface area contributed by atoms with Crippen molar-refractivity contribution in [3.8, 4) is 0 Å². The lowest BCUT2D eigenvalue weighted by atomic mass is 9.94. The van der Waals surface area contributed by atoms with Crippen LogP contribution in [-0.2, 0) is 24.3 Å². The average Bonchev–Trinajstić information content (AvgIpc) is 3.59. The second kappa shape index (κ2) is 10.6. The number of carbonyl (C=O) groups is 1. The van der Waals surface area contributed by atoms with E-state index in [2.05, 4.69) is 33.0 Å². The van der Waals surface area contributed by atoms with E-state index in [1.54, 1.807) is 12.3 Å². The van der Waals surface area contributed by atoms with Gasteiger partial charge in [-0.05, 0) is 74.2 Å². The standard InChI is InChI=1S/C26H33ClN4O/c1-29(2)15-16-31(19-25-24(27)7-4-13-28-25)26(32)11-10-21-5-3-6-22-18-30(14-12-23(21)22)17-20-8-9-20/h3-7,10-11,13,20H,8-9,12,14-19H2,1-2H3/b11-10+. The molecule has 170 valence electrons. The van der Waals surface area contributed by atoms with Crippen molar-refractivity contribution in [2.75, 3.05) is 40.3 Å². The molecule has 0 radical (unpaired) electrons. The predicted molar refractivity (Wildman–Crippen MR) is 130 cm³/mol. The van der Waals surface area contributed by atoms with Crippen LogP contribution in [0.15, 0.2) is 42.6 Å². The molecule has 1 fully saturated rings. The highest BCUT2D eigenvalue weighted by Crippen LogP contribution is 2.32. The van der Waals surface area contributed by atoms with Crippen LogP contribution < -0.4 is 0 Å². The molecule has 0 spiro atoms. The number of benzene rings is 1. The SMILES string of the molecule is CN(C)CCN(Cc1ncccc1Cl)C(=O)/C=C/c1cccc2c1CCN(CC1CC1)C2. The van der Waals surface area contributed by atoms with E-state index >= 15 is 0 Å². The van der Waals surface area contributed by atoms with E-state index in [9.17, 15) is 4.79 Å². The first-order valence-electron chi connectivity index (χ1n) is 11.5. The fraction of sp³-hybridized carbons (Fsp3) is 0.462. The minimum absolute atomic E-state index is 0.0163. The van der Waals surface area contributed by atoms with Crippen molar-refractivity contribution in [1.82, 2.24) is 19.7 Å². The van der Waals surface area contributed by atoms with Crippen LogP contribution in [0.5, 0.6) is 0 Å². The molecule has 0 unspecified atom stereocenters. The fourth-order valence-electron chi connectivity index (χ4n) is 4.24. The van der Waals surface area contributed by atoms with Gasteiger partial charge in [-0.15, -0.1) is 0 Å². The highest BCUT2D eigenvalue weighted by Gasteiger charge is 2.26. The third-order valence-electron chi connectivity index (χ3n) is 6.30. The first-order chi connectivity index (χ1) is 15.5. The summed E-state index contributed by atoms with van der Waals surface area (Å²) in [6.07, 6.45) is 9.24. The normalized spacial score (nSPS) is 16.5. The van der Waals surface area contributed by atoms with Crippen LogP contribution in [0.1, 0.15) is 35.2 Å². The van der Waals surface area contributed by atoms with Crippen molar-refractivity contribution in [2.45, 2.75) is 32.4 Å².